The molecule has 0 aromatic heterocycles. The predicted octanol–water partition coefficient (Wildman–Crippen LogP) is -0.472. The van der Waals surface area contributed by atoms with E-state index >= 15 is 0 Å². The van der Waals surface area contributed by atoms with Gasteiger partial charge in [0.2, 0.25) is 0 Å². The van der Waals surface area contributed by atoms with Gasteiger partial charge in [0, 0.05) is 32.0 Å². The van der Waals surface area contributed by atoms with Gasteiger partial charge in [0.15, 0.2) is 0 Å². The van der Waals surface area contributed by atoms with E-state index in [1.54, 1.807) is 0 Å². The molecule has 31 valence electrons. The van der Waals surface area contributed by atoms with Gasteiger partial charge in [-0.25, -0.2) is 0 Å². The van der Waals surface area contributed by atoms with Crippen LogP contribution < -0.4 is 0 Å². The zero-order valence-corrected chi connectivity index (χ0v) is 7.13. The van der Waals surface area contributed by atoms with Crippen molar-refractivity contribution in [3.8, 4) is 0 Å². The van der Waals surface area contributed by atoms with Gasteiger partial charge in [0.1, 0.15) is 0 Å². The summed E-state index contributed by atoms with van der Waals surface area (Å²) in [4.78, 5) is 0. The van der Waals surface area contributed by atoms with Crippen LogP contribution in [0.2, 0.25) is 0 Å². The minimum absolute atomic E-state index is 0. The van der Waals surface area contributed by atoms with Gasteiger partial charge in [0.25, 0.3) is 0 Å². The van der Waals surface area contributed by atoms with Gasteiger partial charge in [-0.15, -0.1) is 0 Å². The first kappa shape index (κ1) is 9.50. The fraction of sp³-hybridized carbons (Fsp3) is 1.00. The molecule has 0 heterocycles. The number of rotatable bonds is 1. The van der Waals surface area contributed by atoms with E-state index in [2.05, 4.69) is 12.6 Å². The first-order valence-corrected chi connectivity index (χ1v) is 1.76. The van der Waals surface area contributed by atoms with E-state index in [4.69, 9.17) is 5.11 Å². The molecule has 0 unspecified atom stereocenters. The molecule has 0 aromatic rings. The van der Waals surface area contributed by atoms with Crippen molar-refractivity contribution in [2.75, 3.05) is 12.4 Å². The van der Waals surface area contributed by atoms with Crippen LogP contribution in [0, 0.1) is 0 Å². The largest absolute Gasteiger partial charge is 0.396 e. The van der Waals surface area contributed by atoms with Crippen molar-refractivity contribution >= 4 is 38.8 Å². The summed E-state index contributed by atoms with van der Waals surface area (Å²) in [5, 5.41) is 7.80. The summed E-state index contributed by atoms with van der Waals surface area (Å²) in [6.07, 6.45) is 0. The summed E-state index contributed by atoms with van der Waals surface area (Å²) in [5.74, 6) is 0.569. The molecular formula is C2H6BiOS. The van der Waals surface area contributed by atoms with Gasteiger partial charge >= 0.3 is 0 Å². The number of hydrogen-bond acceptors (Lipinski definition) is 2. The molecule has 3 heteroatoms. The second-order valence-electron chi connectivity index (χ2n) is 0.447. The molecule has 0 aliphatic rings. The summed E-state index contributed by atoms with van der Waals surface area (Å²) in [7, 11) is 0. The van der Waals surface area contributed by atoms with Crippen molar-refractivity contribution in [2.24, 2.45) is 0 Å². The number of hydrogen-bond donors (Lipinski definition) is 2. The molecule has 0 spiro atoms. The van der Waals surface area contributed by atoms with Crippen molar-refractivity contribution in [2.45, 2.75) is 0 Å². The van der Waals surface area contributed by atoms with Crippen LogP contribution in [-0.4, -0.2) is 43.7 Å². The molecule has 0 saturated carbocycles. The maximum atomic E-state index is 7.80. The smallest absolute Gasteiger partial charge is 0.0519 e. The second-order valence-corrected chi connectivity index (χ2v) is 0.894. The molecule has 3 radical (unpaired) electrons. The third kappa shape index (κ3) is 11.0. The first-order valence-electron chi connectivity index (χ1n) is 1.13. The summed E-state index contributed by atoms with van der Waals surface area (Å²) in [6.45, 7) is 0.184. The van der Waals surface area contributed by atoms with Gasteiger partial charge in [-0.1, -0.05) is 0 Å². The number of thiol groups is 1. The minimum atomic E-state index is 0. The van der Waals surface area contributed by atoms with E-state index in [0.29, 0.717) is 5.75 Å². The third-order valence-electron chi connectivity index (χ3n) is 0.1000. The molecule has 0 aliphatic carbocycles. The normalized spacial score (nSPS) is 6.00. The molecular weight excluding hydrogens is 281 g/mol. The van der Waals surface area contributed by atoms with Gasteiger partial charge < -0.3 is 5.11 Å². The Hall–Kier alpha value is 1.19. The molecule has 0 amide bonds. The summed E-state index contributed by atoms with van der Waals surface area (Å²) < 4.78 is 0. The van der Waals surface area contributed by atoms with Gasteiger partial charge in [0.05, 0.1) is 6.61 Å². The van der Waals surface area contributed by atoms with Crippen molar-refractivity contribution in [3.63, 3.8) is 0 Å². The Kier molecular flexibility index (Phi) is 17.0. The summed E-state index contributed by atoms with van der Waals surface area (Å²) in [6, 6.07) is 0. The van der Waals surface area contributed by atoms with E-state index in [9.17, 15) is 0 Å². The molecule has 0 bridgehead atoms. The average Bonchev–Trinajstić information content (AvgIpc) is 1.37. The van der Waals surface area contributed by atoms with Gasteiger partial charge in [-0.3, -0.25) is 0 Å². The Labute approximate surface area is 56.3 Å². The molecule has 1 nitrogen and oxygen atoms in total. The standard InChI is InChI=1S/C2H6OS.Bi/c3-1-2-4;/h3-4H,1-2H2;. The van der Waals surface area contributed by atoms with Gasteiger partial charge in [-0.2, -0.15) is 12.6 Å². The molecule has 0 aliphatic heterocycles. The Balaban J connectivity index is 0. The van der Waals surface area contributed by atoms with Crippen LogP contribution in [0.15, 0.2) is 0 Å². The van der Waals surface area contributed by atoms with E-state index < -0.39 is 0 Å². The maximum Gasteiger partial charge on any atom is 0.0519 e. The monoisotopic (exact) mass is 287 g/mol. The maximum absolute atomic E-state index is 7.80. The van der Waals surface area contributed by atoms with E-state index in [-0.39, 0.29) is 32.8 Å². The Morgan fingerprint density at radius 2 is 1.80 bits per heavy atom. The van der Waals surface area contributed by atoms with E-state index in [1.807, 2.05) is 0 Å². The van der Waals surface area contributed by atoms with Crippen LogP contribution in [0.3, 0.4) is 0 Å². The van der Waals surface area contributed by atoms with Gasteiger partial charge in [-0.05, 0) is 0 Å². The molecule has 0 rings (SSSR count). The quantitative estimate of drug-likeness (QED) is 0.493. The average molecular weight is 287 g/mol. The Morgan fingerprint density at radius 3 is 1.80 bits per heavy atom. The molecule has 1 N–H and O–H groups in total. The van der Waals surface area contributed by atoms with Crippen molar-refractivity contribution in [1.29, 1.82) is 0 Å². The Bertz CT molecular complexity index is 11.6. The first-order chi connectivity index (χ1) is 1.91. The van der Waals surface area contributed by atoms with Crippen LogP contribution in [0.4, 0.5) is 0 Å². The topological polar surface area (TPSA) is 20.2 Å². The van der Waals surface area contributed by atoms with Crippen molar-refractivity contribution in [1.82, 2.24) is 0 Å². The van der Waals surface area contributed by atoms with Crippen LogP contribution in [0.25, 0.3) is 0 Å². The number of aliphatic hydroxyl groups is 1. The van der Waals surface area contributed by atoms with Crippen molar-refractivity contribution in [3.05, 3.63) is 0 Å². The number of aliphatic hydroxyl groups excluding tert-OH is 1. The molecule has 0 fully saturated rings. The second kappa shape index (κ2) is 8.96. The van der Waals surface area contributed by atoms with Crippen molar-refractivity contribution < 1.29 is 5.11 Å². The summed E-state index contributed by atoms with van der Waals surface area (Å²) >= 11 is 3.67. The predicted molar refractivity (Wildman–Crippen MR) is 26.7 cm³/mol. The zero-order chi connectivity index (χ0) is 3.41. The fourth-order valence-corrected chi connectivity index (χ4v) is 0. The molecule has 0 aromatic carbocycles. The molecule has 5 heavy (non-hydrogen) atoms. The Morgan fingerprint density at radius 1 is 1.60 bits per heavy atom. The minimum Gasteiger partial charge on any atom is -0.396 e. The summed E-state index contributed by atoms with van der Waals surface area (Å²) in [5.41, 5.74) is 0. The van der Waals surface area contributed by atoms with Crippen LogP contribution in [0.5, 0.6) is 0 Å². The van der Waals surface area contributed by atoms with E-state index in [1.165, 1.54) is 0 Å². The van der Waals surface area contributed by atoms with Crippen LogP contribution in [0.1, 0.15) is 0 Å². The van der Waals surface area contributed by atoms with Crippen LogP contribution in [-0.2, 0) is 0 Å². The SMILES string of the molecule is OCCS.[Bi]. The van der Waals surface area contributed by atoms with E-state index in [0.717, 1.165) is 0 Å². The third-order valence-corrected chi connectivity index (χ3v) is 0.300. The zero-order valence-electron chi connectivity index (χ0n) is 2.76. The molecule has 0 saturated heterocycles. The van der Waals surface area contributed by atoms with Crippen LogP contribution >= 0.6 is 12.6 Å². The molecule has 0 atom stereocenters. The fourth-order valence-electron chi connectivity index (χ4n) is 0.